The molecular formula is C41H56O3S. The predicted octanol–water partition coefficient (Wildman–Crippen LogP) is 11.0. The third-order valence-corrected chi connectivity index (χ3v) is 14.5. The number of fused-ring (bicyclic) bond motifs is 5. The van der Waals surface area contributed by atoms with Gasteiger partial charge in [0.05, 0.1) is 10.8 Å². The SMILES string of the molecule is CC(C)CCC[C@@H](C)[C@H]1CC[C@H]2[C@@H]3CC=C4C[C@@H](OC(=O)[C@@H](C)c5ccc(C(=O)c6ccccc6)s5)CC[C@]4(C)[C@H]3CC[C@]12C. The zero-order valence-corrected chi connectivity index (χ0v) is 29.5. The highest BCUT2D eigenvalue weighted by molar-refractivity contribution is 7.14. The molecule has 0 saturated heterocycles. The molecule has 0 N–H and O–H groups in total. The number of rotatable bonds is 10. The summed E-state index contributed by atoms with van der Waals surface area (Å²) in [7, 11) is 0. The normalized spacial score (nSPS) is 33.8. The van der Waals surface area contributed by atoms with Gasteiger partial charge in [0, 0.05) is 16.9 Å². The first kappa shape index (κ1) is 32.7. The van der Waals surface area contributed by atoms with E-state index in [1.165, 1.54) is 62.7 Å². The summed E-state index contributed by atoms with van der Waals surface area (Å²) in [6, 6.07) is 13.1. The van der Waals surface area contributed by atoms with Crippen molar-refractivity contribution in [1.82, 2.24) is 0 Å². The Morgan fingerprint density at radius 2 is 1.69 bits per heavy atom. The van der Waals surface area contributed by atoms with Crippen LogP contribution in [0, 0.1) is 46.3 Å². The highest BCUT2D eigenvalue weighted by atomic mass is 32.1. The maximum atomic E-state index is 13.4. The van der Waals surface area contributed by atoms with Crippen molar-refractivity contribution in [3.05, 3.63) is 69.4 Å². The Balaban J connectivity index is 1.07. The maximum Gasteiger partial charge on any atom is 0.314 e. The summed E-state index contributed by atoms with van der Waals surface area (Å²) in [5.41, 5.74) is 3.00. The quantitative estimate of drug-likeness (QED) is 0.149. The summed E-state index contributed by atoms with van der Waals surface area (Å²) in [5.74, 6) is 4.48. The van der Waals surface area contributed by atoms with Crippen LogP contribution < -0.4 is 0 Å². The van der Waals surface area contributed by atoms with Crippen molar-refractivity contribution in [2.75, 3.05) is 0 Å². The Morgan fingerprint density at radius 3 is 2.44 bits per heavy atom. The number of benzene rings is 1. The zero-order valence-electron chi connectivity index (χ0n) is 28.6. The number of esters is 1. The first-order chi connectivity index (χ1) is 21.5. The van der Waals surface area contributed by atoms with Crippen LogP contribution in [0.5, 0.6) is 0 Å². The largest absolute Gasteiger partial charge is 0.462 e. The molecule has 4 aliphatic rings. The fraction of sp³-hybridized carbons (Fsp3) is 0.659. The molecule has 4 heteroatoms. The minimum atomic E-state index is -0.371. The Hall–Kier alpha value is -2.20. The van der Waals surface area contributed by atoms with E-state index in [1.807, 2.05) is 49.4 Å². The number of allylic oxidation sites excluding steroid dienone is 1. The van der Waals surface area contributed by atoms with Gasteiger partial charge in [0.15, 0.2) is 0 Å². The van der Waals surface area contributed by atoms with Gasteiger partial charge >= 0.3 is 5.97 Å². The molecule has 0 aliphatic heterocycles. The van der Waals surface area contributed by atoms with Gasteiger partial charge in [-0.2, -0.15) is 0 Å². The summed E-state index contributed by atoms with van der Waals surface area (Å²) >= 11 is 1.42. The van der Waals surface area contributed by atoms with Crippen molar-refractivity contribution in [3.8, 4) is 0 Å². The fourth-order valence-electron chi connectivity index (χ4n) is 10.6. The summed E-state index contributed by atoms with van der Waals surface area (Å²) in [5, 5.41) is 0. The number of carbonyl (C=O) groups is 2. The average molecular weight is 629 g/mol. The van der Waals surface area contributed by atoms with E-state index in [1.54, 1.807) is 5.57 Å². The minimum absolute atomic E-state index is 0.00817. The van der Waals surface area contributed by atoms with Gasteiger partial charge in [-0.15, -0.1) is 11.3 Å². The third-order valence-electron chi connectivity index (χ3n) is 13.2. The van der Waals surface area contributed by atoms with Crippen LogP contribution in [0.15, 0.2) is 54.1 Å². The van der Waals surface area contributed by atoms with E-state index in [9.17, 15) is 9.59 Å². The summed E-state index contributed by atoms with van der Waals surface area (Å²) in [4.78, 5) is 27.8. The molecule has 0 bridgehead atoms. The van der Waals surface area contributed by atoms with Gasteiger partial charge in [-0.3, -0.25) is 9.59 Å². The van der Waals surface area contributed by atoms with E-state index in [2.05, 4.69) is 40.7 Å². The molecule has 0 unspecified atom stereocenters. The van der Waals surface area contributed by atoms with Gasteiger partial charge in [0.1, 0.15) is 6.10 Å². The Labute approximate surface area is 276 Å². The highest BCUT2D eigenvalue weighted by Crippen LogP contribution is 2.67. The molecule has 4 aliphatic carbocycles. The van der Waals surface area contributed by atoms with Crippen LogP contribution in [0.3, 0.4) is 0 Å². The molecule has 1 aromatic carbocycles. The molecule has 0 spiro atoms. The molecule has 3 fully saturated rings. The molecule has 1 heterocycles. The maximum absolute atomic E-state index is 13.4. The Bertz CT molecular complexity index is 1390. The van der Waals surface area contributed by atoms with Gasteiger partial charge in [-0.05, 0) is 110 Å². The topological polar surface area (TPSA) is 43.4 Å². The van der Waals surface area contributed by atoms with Crippen molar-refractivity contribution < 1.29 is 14.3 Å². The van der Waals surface area contributed by atoms with Crippen LogP contribution in [0.25, 0.3) is 0 Å². The average Bonchev–Trinajstić information content (AvgIpc) is 3.66. The third kappa shape index (κ3) is 6.27. The van der Waals surface area contributed by atoms with E-state index in [-0.39, 0.29) is 29.2 Å². The number of hydrogen-bond acceptors (Lipinski definition) is 4. The molecule has 3 saturated carbocycles. The number of carbonyl (C=O) groups excluding carboxylic acids is 2. The lowest BCUT2D eigenvalue weighted by Gasteiger charge is -2.58. The molecule has 45 heavy (non-hydrogen) atoms. The smallest absolute Gasteiger partial charge is 0.314 e. The van der Waals surface area contributed by atoms with Crippen LogP contribution in [0.2, 0.25) is 0 Å². The van der Waals surface area contributed by atoms with E-state index in [4.69, 9.17) is 4.74 Å². The van der Waals surface area contributed by atoms with Crippen LogP contribution >= 0.6 is 11.3 Å². The lowest BCUT2D eigenvalue weighted by Crippen LogP contribution is -2.51. The van der Waals surface area contributed by atoms with Crippen LogP contribution in [-0.2, 0) is 9.53 Å². The summed E-state index contributed by atoms with van der Waals surface area (Å²) in [6.45, 7) is 14.4. The predicted molar refractivity (Wildman–Crippen MR) is 186 cm³/mol. The van der Waals surface area contributed by atoms with Crippen molar-refractivity contribution in [3.63, 3.8) is 0 Å². The monoisotopic (exact) mass is 628 g/mol. The van der Waals surface area contributed by atoms with E-state index >= 15 is 0 Å². The van der Waals surface area contributed by atoms with Gasteiger partial charge in [-0.1, -0.05) is 95.9 Å². The molecule has 2 aromatic rings. The number of hydrogen-bond donors (Lipinski definition) is 0. The highest BCUT2D eigenvalue weighted by Gasteiger charge is 2.59. The zero-order chi connectivity index (χ0) is 31.9. The van der Waals surface area contributed by atoms with Crippen molar-refractivity contribution in [2.24, 2.45) is 46.3 Å². The molecule has 3 nitrogen and oxygen atoms in total. The molecule has 6 rings (SSSR count). The lowest BCUT2D eigenvalue weighted by atomic mass is 9.47. The second-order valence-electron chi connectivity index (χ2n) is 16.2. The van der Waals surface area contributed by atoms with Gasteiger partial charge in [0.25, 0.3) is 0 Å². The first-order valence-corrected chi connectivity index (χ1v) is 18.9. The molecule has 1 aromatic heterocycles. The molecular weight excluding hydrogens is 573 g/mol. The standard InChI is InChI=1S/C41H56O3S/c1-26(2)11-10-12-27(3)33-17-18-34-32-16-15-30-25-31(21-23-40(30,5)35(32)22-24-41(33,34)6)44-39(43)28(4)36-19-20-37(45-36)38(42)29-13-8-7-9-14-29/h7-9,13-15,19-20,26-28,31-35H,10-12,16-18,21-25H2,1-6H3/t27-,28+,31+,32+,33-,34+,35+,40+,41-/m1/s1. The summed E-state index contributed by atoms with van der Waals surface area (Å²) < 4.78 is 6.21. The number of ketones is 1. The fourth-order valence-corrected chi connectivity index (χ4v) is 11.6. The van der Waals surface area contributed by atoms with Crippen LogP contribution in [0.1, 0.15) is 138 Å². The second-order valence-corrected chi connectivity index (χ2v) is 17.3. The van der Waals surface area contributed by atoms with E-state index < -0.39 is 0 Å². The Morgan fingerprint density at radius 1 is 0.911 bits per heavy atom. The van der Waals surface area contributed by atoms with Crippen molar-refractivity contribution in [2.45, 2.75) is 124 Å². The van der Waals surface area contributed by atoms with E-state index in [0.29, 0.717) is 15.9 Å². The van der Waals surface area contributed by atoms with Crippen molar-refractivity contribution in [1.29, 1.82) is 0 Å². The molecule has 9 atom stereocenters. The minimum Gasteiger partial charge on any atom is -0.462 e. The Kier molecular flexibility index (Phi) is 9.55. The van der Waals surface area contributed by atoms with Gasteiger partial charge in [-0.25, -0.2) is 0 Å². The molecule has 0 radical (unpaired) electrons. The van der Waals surface area contributed by atoms with Crippen LogP contribution in [-0.4, -0.2) is 17.9 Å². The molecule has 0 amide bonds. The first-order valence-electron chi connectivity index (χ1n) is 18.1. The number of ether oxygens (including phenoxy) is 1. The van der Waals surface area contributed by atoms with Crippen molar-refractivity contribution >= 4 is 23.1 Å². The second kappa shape index (κ2) is 13.1. The number of thiophene rings is 1. The van der Waals surface area contributed by atoms with E-state index in [0.717, 1.165) is 59.6 Å². The van der Waals surface area contributed by atoms with Crippen LogP contribution in [0.4, 0.5) is 0 Å². The van der Waals surface area contributed by atoms with Gasteiger partial charge < -0.3 is 4.74 Å². The lowest BCUT2D eigenvalue weighted by molar-refractivity contribution is -0.152. The van der Waals surface area contributed by atoms with Gasteiger partial charge in [0.2, 0.25) is 5.78 Å². The summed E-state index contributed by atoms with van der Waals surface area (Å²) in [6.07, 6.45) is 16.5. The molecule has 244 valence electrons.